The van der Waals surface area contributed by atoms with Gasteiger partial charge in [0.2, 0.25) is 0 Å². The summed E-state index contributed by atoms with van der Waals surface area (Å²) in [6.07, 6.45) is 3.32. The van der Waals surface area contributed by atoms with Crippen LogP contribution >= 0.6 is 0 Å². The average molecular weight is 380 g/mol. The van der Waals surface area contributed by atoms with Crippen molar-refractivity contribution in [2.45, 2.75) is 18.0 Å². The van der Waals surface area contributed by atoms with Crippen molar-refractivity contribution in [2.75, 3.05) is 13.1 Å². The van der Waals surface area contributed by atoms with Crippen LogP contribution in [-0.2, 0) is 0 Å². The zero-order chi connectivity index (χ0) is 19.8. The third-order valence-electron chi connectivity index (χ3n) is 5.97. The van der Waals surface area contributed by atoms with Gasteiger partial charge in [-0.05, 0) is 41.0 Å². The van der Waals surface area contributed by atoms with E-state index in [1.807, 2.05) is 35.2 Å². The number of pyridine rings is 1. The highest BCUT2D eigenvalue weighted by atomic mass is 16.2. The zero-order valence-electron chi connectivity index (χ0n) is 15.8. The zero-order valence-corrected chi connectivity index (χ0v) is 15.8. The van der Waals surface area contributed by atoms with E-state index in [9.17, 15) is 4.79 Å². The number of benzene rings is 2. The molecule has 1 N–H and O–H groups in total. The summed E-state index contributed by atoms with van der Waals surface area (Å²) in [6.45, 7) is 1.43. The third-order valence-corrected chi connectivity index (χ3v) is 5.97. The van der Waals surface area contributed by atoms with Gasteiger partial charge in [0.05, 0.1) is 17.2 Å². The van der Waals surface area contributed by atoms with Gasteiger partial charge >= 0.3 is 0 Å². The second-order valence-electron chi connectivity index (χ2n) is 7.67. The summed E-state index contributed by atoms with van der Waals surface area (Å²) in [6, 6.07) is 22.7. The Morgan fingerprint density at radius 2 is 1.66 bits per heavy atom. The molecular weight excluding hydrogens is 360 g/mol. The molecule has 3 aliphatic heterocycles. The van der Waals surface area contributed by atoms with Crippen LogP contribution in [0.3, 0.4) is 0 Å². The average Bonchev–Trinajstić information content (AvgIpc) is 2.80. The highest BCUT2D eigenvalue weighted by molar-refractivity contribution is 5.94. The lowest BCUT2D eigenvalue weighted by molar-refractivity contribution is 0.0367. The Kier molecular flexibility index (Phi) is 4.34. The van der Waals surface area contributed by atoms with Crippen LogP contribution in [0, 0.1) is 11.3 Å². The topological polar surface area (TPSA) is 69.0 Å². The first-order valence-electron chi connectivity index (χ1n) is 9.79. The quantitative estimate of drug-likeness (QED) is 0.758. The van der Waals surface area contributed by atoms with Gasteiger partial charge in [0.25, 0.3) is 5.91 Å². The molecule has 4 heterocycles. The van der Waals surface area contributed by atoms with Crippen LogP contribution in [0.4, 0.5) is 0 Å². The van der Waals surface area contributed by atoms with Gasteiger partial charge in [-0.25, -0.2) is 0 Å². The molecule has 0 aliphatic carbocycles. The Labute approximate surface area is 169 Å². The molecule has 142 valence electrons. The van der Waals surface area contributed by atoms with Crippen LogP contribution in [-0.4, -0.2) is 41.0 Å². The van der Waals surface area contributed by atoms with Crippen molar-refractivity contribution in [3.63, 3.8) is 0 Å². The van der Waals surface area contributed by atoms with Crippen molar-refractivity contribution in [1.82, 2.24) is 15.2 Å². The number of hydrogen-bond donors (Lipinski definition) is 1. The molecular formula is C24H20N4O. The standard InChI is InChI=1S/C24H20N4O/c25-12-16-3-5-17(6-4-16)18-7-9-19(10-8-18)23-21-14-28(15-22(23)27-21)24(29)20-2-1-11-26-13-20/h1-11,13,21-23,27H,14-15H2/t21-,22+,23?. The summed E-state index contributed by atoms with van der Waals surface area (Å²) in [7, 11) is 0. The summed E-state index contributed by atoms with van der Waals surface area (Å²) in [4.78, 5) is 18.7. The number of nitriles is 1. The number of piperidine rings is 1. The first-order valence-corrected chi connectivity index (χ1v) is 9.79. The molecule has 29 heavy (non-hydrogen) atoms. The summed E-state index contributed by atoms with van der Waals surface area (Å²) in [5, 5.41) is 12.5. The van der Waals surface area contributed by atoms with E-state index in [1.54, 1.807) is 18.5 Å². The van der Waals surface area contributed by atoms with Crippen LogP contribution in [0.2, 0.25) is 0 Å². The van der Waals surface area contributed by atoms with Crippen molar-refractivity contribution in [3.05, 3.63) is 89.7 Å². The smallest absolute Gasteiger partial charge is 0.255 e. The molecule has 1 amide bonds. The van der Waals surface area contributed by atoms with Crippen molar-refractivity contribution in [1.29, 1.82) is 5.26 Å². The molecule has 1 aromatic heterocycles. The van der Waals surface area contributed by atoms with Crippen LogP contribution in [0.1, 0.15) is 27.4 Å². The van der Waals surface area contributed by atoms with Crippen LogP contribution in [0.5, 0.6) is 0 Å². The van der Waals surface area contributed by atoms with E-state index in [-0.39, 0.29) is 18.0 Å². The number of aromatic nitrogens is 1. The van der Waals surface area contributed by atoms with Gasteiger partial charge in [0.1, 0.15) is 0 Å². The molecule has 0 saturated carbocycles. The molecule has 2 aromatic carbocycles. The maximum atomic E-state index is 12.7. The van der Waals surface area contributed by atoms with Crippen LogP contribution < -0.4 is 5.32 Å². The minimum absolute atomic E-state index is 0.0595. The highest BCUT2D eigenvalue weighted by Gasteiger charge is 2.48. The van der Waals surface area contributed by atoms with Gasteiger partial charge < -0.3 is 10.2 Å². The summed E-state index contributed by atoms with van der Waals surface area (Å²) in [5.41, 5.74) is 4.88. The van der Waals surface area contributed by atoms with Crippen LogP contribution in [0.25, 0.3) is 11.1 Å². The van der Waals surface area contributed by atoms with E-state index in [4.69, 9.17) is 5.26 Å². The van der Waals surface area contributed by atoms with E-state index in [0.29, 0.717) is 30.1 Å². The maximum absolute atomic E-state index is 12.7. The van der Waals surface area contributed by atoms with E-state index < -0.39 is 0 Å². The van der Waals surface area contributed by atoms with Gasteiger partial charge in [-0.3, -0.25) is 9.78 Å². The fourth-order valence-corrected chi connectivity index (χ4v) is 4.46. The molecule has 0 spiro atoms. The molecule has 6 rings (SSSR count). The number of rotatable bonds is 3. The molecule has 3 aromatic rings. The third kappa shape index (κ3) is 3.18. The second-order valence-corrected chi connectivity index (χ2v) is 7.67. The fourth-order valence-electron chi connectivity index (χ4n) is 4.46. The molecule has 1 unspecified atom stereocenters. The molecule has 3 saturated heterocycles. The summed E-state index contributed by atoms with van der Waals surface area (Å²) < 4.78 is 0. The van der Waals surface area contributed by atoms with E-state index in [2.05, 4.69) is 40.6 Å². The molecule has 3 aliphatic rings. The maximum Gasteiger partial charge on any atom is 0.255 e. The molecule has 5 heteroatoms. The highest BCUT2D eigenvalue weighted by Crippen LogP contribution is 2.37. The minimum Gasteiger partial charge on any atom is -0.335 e. The van der Waals surface area contributed by atoms with Gasteiger partial charge in [0, 0.05) is 43.5 Å². The molecule has 5 nitrogen and oxygen atoms in total. The van der Waals surface area contributed by atoms with Gasteiger partial charge in [-0.2, -0.15) is 5.26 Å². The van der Waals surface area contributed by atoms with Gasteiger partial charge in [0.15, 0.2) is 0 Å². The molecule has 0 radical (unpaired) electrons. The molecule has 2 bridgehead atoms. The van der Waals surface area contributed by atoms with E-state index >= 15 is 0 Å². The molecule has 3 atom stereocenters. The number of nitrogens with zero attached hydrogens (tertiary/aromatic N) is 3. The first kappa shape index (κ1) is 17.6. The fraction of sp³-hybridized carbons (Fsp3) is 0.208. The SMILES string of the molecule is N#Cc1ccc(-c2ccc(C3[C@@H]4CN(C(=O)c5cccnc5)C[C@H]3N4)cc2)cc1. The Morgan fingerprint density at radius 3 is 2.24 bits per heavy atom. The Bertz CT molecular complexity index is 1060. The van der Waals surface area contributed by atoms with Crippen molar-refractivity contribution in [2.24, 2.45) is 0 Å². The number of carbonyl (C=O) groups excluding carboxylic acids is 1. The molecule has 3 fully saturated rings. The second kappa shape index (κ2) is 7.16. The predicted octanol–water partition coefficient (Wildman–Crippen LogP) is 3.20. The number of fused-ring (bicyclic) bond motifs is 2. The number of carbonyl (C=O) groups is 1. The van der Waals surface area contributed by atoms with Gasteiger partial charge in [-0.1, -0.05) is 36.4 Å². The van der Waals surface area contributed by atoms with Crippen molar-refractivity contribution >= 4 is 5.91 Å². The predicted molar refractivity (Wildman–Crippen MR) is 110 cm³/mol. The minimum atomic E-state index is 0.0595. The lowest BCUT2D eigenvalue weighted by atomic mass is 9.74. The Balaban J connectivity index is 1.28. The lowest BCUT2D eigenvalue weighted by Gasteiger charge is -2.54. The number of amides is 1. The summed E-state index contributed by atoms with van der Waals surface area (Å²) in [5.74, 6) is 0.493. The van der Waals surface area contributed by atoms with E-state index in [0.717, 1.165) is 11.1 Å². The number of nitrogens with one attached hydrogen (secondary N) is 1. The largest absolute Gasteiger partial charge is 0.335 e. The number of hydrogen-bond acceptors (Lipinski definition) is 4. The van der Waals surface area contributed by atoms with Crippen molar-refractivity contribution < 1.29 is 4.79 Å². The summed E-state index contributed by atoms with van der Waals surface area (Å²) >= 11 is 0. The first-order chi connectivity index (χ1) is 14.2. The number of piperazine rings is 1. The Hall–Kier alpha value is -3.49. The lowest BCUT2D eigenvalue weighted by Crippen LogP contribution is -2.72. The van der Waals surface area contributed by atoms with Crippen molar-refractivity contribution in [3.8, 4) is 17.2 Å². The Morgan fingerprint density at radius 1 is 1.00 bits per heavy atom. The van der Waals surface area contributed by atoms with E-state index in [1.165, 1.54) is 5.56 Å². The van der Waals surface area contributed by atoms with Crippen LogP contribution in [0.15, 0.2) is 73.1 Å². The van der Waals surface area contributed by atoms with Gasteiger partial charge in [-0.15, -0.1) is 0 Å². The normalized spacial score (nSPS) is 22.4. The monoisotopic (exact) mass is 380 g/mol.